The van der Waals surface area contributed by atoms with E-state index in [-0.39, 0.29) is 5.54 Å². The monoisotopic (exact) mass is 255 g/mol. The quantitative estimate of drug-likeness (QED) is 0.811. The Morgan fingerprint density at radius 1 is 1.28 bits per heavy atom. The van der Waals surface area contributed by atoms with Crippen LogP contribution in [0, 0.1) is 0 Å². The number of likely N-dealkylation sites (N-methyl/N-ethyl adjacent to an activating group) is 1. The third-order valence-corrected chi connectivity index (χ3v) is 5.10. The third-order valence-electron chi connectivity index (χ3n) is 5.10. The largest absolute Gasteiger partial charge is 0.381 e. The predicted octanol–water partition coefficient (Wildman–Crippen LogP) is 0.910. The molecular weight excluding hydrogens is 226 g/mol. The van der Waals surface area contributed by atoms with E-state index in [4.69, 9.17) is 10.5 Å². The number of ether oxygens (including phenoxy) is 1. The number of nitrogens with zero attached hydrogens (tertiary/aromatic N) is 2. The first-order valence-electron chi connectivity index (χ1n) is 7.45. The van der Waals surface area contributed by atoms with Crippen LogP contribution in [0.5, 0.6) is 0 Å². The minimum absolute atomic E-state index is 0.230. The second-order valence-corrected chi connectivity index (χ2v) is 5.82. The van der Waals surface area contributed by atoms with Crippen LogP contribution < -0.4 is 5.73 Å². The van der Waals surface area contributed by atoms with Crippen molar-refractivity contribution in [2.24, 2.45) is 5.73 Å². The summed E-state index contributed by atoms with van der Waals surface area (Å²) in [5, 5.41) is 0. The van der Waals surface area contributed by atoms with Gasteiger partial charge >= 0.3 is 0 Å². The van der Waals surface area contributed by atoms with Gasteiger partial charge in [0.1, 0.15) is 0 Å². The molecule has 0 atom stereocenters. The van der Waals surface area contributed by atoms with Crippen molar-refractivity contribution in [3.05, 3.63) is 0 Å². The van der Waals surface area contributed by atoms with Gasteiger partial charge in [0, 0.05) is 31.3 Å². The summed E-state index contributed by atoms with van der Waals surface area (Å²) in [4.78, 5) is 5.12. The highest BCUT2D eigenvalue weighted by Crippen LogP contribution is 2.31. The van der Waals surface area contributed by atoms with Gasteiger partial charge in [-0.25, -0.2) is 0 Å². The molecule has 2 rings (SSSR count). The number of hydrogen-bond acceptors (Lipinski definition) is 4. The van der Waals surface area contributed by atoms with Crippen LogP contribution in [0.2, 0.25) is 0 Å². The van der Waals surface area contributed by atoms with Crippen molar-refractivity contribution >= 4 is 0 Å². The molecule has 18 heavy (non-hydrogen) atoms. The summed E-state index contributed by atoms with van der Waals surface area (Å²) in [5.74, 6) is 0. The molecule has 106 valence electrons. The molecule has 2 aliphatic heterocycles. The van der Waals surface area contributed by atoms with Gasteiger partial charge in [0.2, 0.25) is 0 Å². The van der Waals surface area contributed by atoms with Gasteiger partial charge in [-0.2, -0.15) is 0 Å². The molecule has 2 fully saturated rings. The fourth-order valence-corrected chi connectivity index (χ4v) is 3.45. The van der Waals surface area contributed by atoms with Gasteiger partial charge in [-0.05, 0) is 52.4 Å². The van der Waals surface area contributed by atoms with Gasteiger partial charge in [0.05, 0.1) is 0 Å². The van der Waals surface area contributed by atoms with E-state index in [1.165, 1.54) is 32.5 Å². The Hall–Kier alpha value is -0.160. The molecule has 0 amide bonds. The lowest BCUT2D eigenvalue weighted by molar-refractivity contribution is -0.0266. The Labute approximate surface area is 111 Å². The van der Waals surface area contributed by atoms with E-state index in [2.05, 4.69) is 23.8 Å². The van der Waals surface area contributed by atoms with Crippen molar-refractivity contribution < 1.29 is 4.74 Å². The molecule has 0 radical (unpaired) electrons. The molecule has 0 aromatic heterocycles. The number of nitrogens with two attached hydrogens (primary N) is 1. The number of likely N-dealkylation sites (tertiary alicyclic amines) is 1. The van der Waals surface area contributed by atoms with Crippen molar-refractivity contribution in [1.29, 1.82) is 0 Å². The molecule has 4 heteroatoms. The maximum atomic E-state index is 6.14. The van der Waals surface area contributed by atoms with Crippen molar-refractivity contribution in [2.45, 2.75) is 44.2 Å². The molecule has 2 aliphatic rings. The summed E-state index contributed by atoms with van der Waals surface area (Å²) in [6.07, 6.45) is 4.75. The Kier molecular flexibility index (Phi) is 5.01. The standard InChI is InChI=1S/C14H29N3O/c1-3-17-8-6-14(12-15,7-9-17)16(2)13-4-10-18-11-5-13/h13H,3-12,15H2,1-2H3. The van der Waals surface area contributed by atoms with E-state index in [1.807, 2.05) is 0 Å². The normalized spacial score (nSPS) is 26.7. The summed E-state index contributed by atoms with van der Waals surface area (Å²) in [7, 11) is 2.28. The van der Waals surface area contributed by atoms with E-state index in [9.17, 15) is 0 Å². The van der Waals surface area contributed by atoms with Crippen LogP contribution >= 0.6 is 0 Å². The topological polar surface area (TPSA) is 41.7 Å². The molecule has 2 N–H and O–H groups in total. The first kappa shape index (κ1) is 14.3. The van der Waals surface area contributed by atoms with Crippen LogP contribution in [-0.2, 0) is 4.74 Å². The lowest BCUT2D eigenvalue weighted by atomic mass is 9.84. The van der Waals surface area contributed by atoms with Gasteiger partial charge in [-0.3, -0.25) is 4.90 Å². The van der Waals surface area contributed by atoms with Gasteiger partial charge in [0.25, 0.3) is 0 Å². The van der Waals surface area contributed by atoms with Crippen LogP contribution in [0.15, 0.2) is 0 Å². The molecule has 0 aliphatic carbocycles. The van der Waals surface area contributed by atoms with Crippen molar-refractivity contribution in [3.63, 3.8) is 0 Å². The SMILES string of the molecule is CCN1CCC(CN)(N(C)C2CCOCC2)CC1. The summed E-state index contributed by atoms with van der Waals surface area (Å²) in [6.45, 7) is 8.42. The van der Waals surface area contributed by atoms with Crippen molar-refractivity contribution in [1.82, 2.24) is 9.80 Å². The first-order chi connectivity index (χ1) is 8.72. The maximum absolute atomic E-state index is 6.14. The van der Waals surface area contributed by atoms with E-state index in [0.717, 1.165) is 32.6 Å². The highest BCUT2D eigenvalue weighted by atomic mass is 16.5. The smallest absolute Gasteiger partial charge is 0.0480 e. The van der Waals surface area contributed by atoms with Gasteiger partial charge in [-0.1, -0.05) is 6.92 Å². The zero-order valence-corrected chi connectivity index (χ0v) is 12.0. The average molecular weight is 255 g/mol. The number of piperidine rings is 1. The number of rotatable bonds is 4. The fourth-order valence-electron chi connectivity index (χ4n) is 3.45. The lowest BCUT2D eigenvalue weighted by Gasteiger charge is -2.50. The van der Waals surface area contributed by atoms with Crippen molar-refractivity contribution in [2.75, 3.05) is 46.4 Å². The fraction of sp³-hybridized carbons (Fsp3) is 1.00. The zero-order chi connectivity index (χ0) is 13.0. The minimum atomic E-state index is 0.230. The van der Waals surface area contributed by atoms with Crippen LogP contribution in [0.3, 0.4) is 0 Å². The van der Waals surface area contributed by atoms with Crippen LogP contribution in [0.4, 0.5) is 0 Å². The Balaban J connectivity index is 1.98. The molecular formula is C14H29N3O. The highest BCUT2D eigenvalue weighted by Gasteiger charge is 2.39. The summed E-state index contributed by atoms with van der Waals surface area (Å²) < 4.78 is 5.47. The molecule has 2 heterocycles. The molecule has 0 saturated carbocycles. The molecule has 2 saturated heterocycles. The van der Waals surface area contributed by atoms with E-state index in [1.54, 1.807) is 0 Å². The summed E-state index contributed by atoms with van der Waals surface area (Å²) >= 11 is 0. The van der Waals surface area contributed by atoms with E-state index in [0.29, 0.717) is 6.04 Å². The highest BCUT2D eigenvalue weighted by molar-refractivity contribution is 4.97. The molecule has 0 aromatic rings. The second-order valence-electron chi connectivity index (χ2n) is 5.82. The Bertz CT molecular complexity index is 245. The van der Waals surface area contributed by atoms with Crippen LogP contribution in [0.25, 0.3) is 0 Å². The summed E-state index contributed by atoms with van der Waals surface area (Å²) in [5.41, 5.74) is 6.37. The predicted molar refractivity (Wildman–Crippen MR) is 74.7 cm³/mol. The van der Waals surface area contributed by atoms with Gasteiger partial charge < -0.3 is 15.4 Å². The van der Waals surface area contributed by atoms with E-state index >= 15 is 0 Å². The van der Waals surface area contributed by atoms with Crippen LogP contribution in [0.1, 0.15) is 32.6 Å². The third kappa shape index (κ3) is 2.87. The van der Waals surface area contributed by atoms with E-state index < -0.39 is 0 Å². The first-order valence-corrected chi connectivity index (χ1v) is 7.45. The molecule has 0 aromatic carbocycles. The average Bonchev–Trinajstić information content (AvgIpc) is 2.47. The second kappa shape index (κ2) is 6.33. The van der Waals surface area contributed by atoms with Gasteiger partial charge in [0.15, 0.2) is 0 Å². The minimum Gasteiger partial charge on any atom is -0.381 e. The number of hydrogen-bond donors (Lipinski definition) is 1. The van der Waals surface area contributed by atoms with Crippen LogP contribution in [-0.4, -0.2) is 67.8 Å². The van der Waals surface area contributed by atoms with Crippen molar-refractivity contribution in [3.8, 4) is 0 Å². The van der Waals surface area contributed by atoms with Gasteiger partial charge in [-0.15, -0.1) is 0 Å². The molecule has 0 bridgehead atoms. The summed E-state index contributed by atoms with van der Waals surface area (Å²) in [6, 6.07) is 0.662. The molecule has 4 nitrogen and oxygen atoms in total. The Morgan fingerprint density at radius 2 is 1.89 bits per heavy atom. The molecule has 0 unspecified atom stereocenters. The lowest BCUT2D eigenvalue weighted by Crippen LogP contribution is -2.61. The zero-order valence-electron chi connectivity index (χ0n) is 12.0. The molecule has 0 spiro atoms. The Morgan fingerprint density at radius 3 is 2.39 bits per heavy atom. The maximum Gasteiger partial charge on any atom is 0.0480 e.